The molecule has 0 aliphatic heterocycles. The van der Waals surface area contributed by atoms with E-state index in [1.54, 1.807) is 32.0 Å². The lowest BCUT2D eigenvalue weighted by atomic mass is 10.2. The summed E-state index contributed by atoms with van der Waals surface area (Å²) in [6, 6.07) is 6.95. The lowest BCUT2D eigenvalue weighted by Gasteiger charge is -2.18. The maximum Gasteiger partial charge on any atom is 0.514 e. The van der Waals surface area contributed by atoms with Gasteiger partial charge in [-0.3, -0.25) is 0 Å². The van der Waals surface area contributed by atoms with Crippen LogP contribution >= 0.6 is 15.9 Å². The van der Waals surface area contributed by atoms with E-state index in [1.165, 1.54) is 0 Å². The first-order chi connectivity index (χ1) is 7.44. The van der Waals surface area contributed by atoms with Gasteiger partial charge in [0.2, 0.25) is 0 Å². The van der Waals surface area contributed by atoms with Gasteiger partial charge in [-0.05, 0) is 41.9 Å². The quantitative estimate of drug-likeness (QED) is 0.526. The normalized spacial score (nSPS) is 10.7. The highest BCUT2D eigenvalue weighted by Crippen LogP contribution is 2.24. The van der Waals surface area contributed by atoms with Crippen LogP contribution in [-0.2, 0) is 4.74 Å². The van der Waals surface area contributed by atoms with Crippen molar-refractivity contribution in [3.63, 3.8) is 0 Å². The van der Waals surface area contributed by atoms with Gasteiger partial charge < -0.3 is 14.9 Å². The van der Waals surface area contributed by atoms with E-state index in [9.17, 15) is 4.79 Å². The number of para-hydroxylation sites is 1. The zero-order valence-corrected chi connectivity index (χ0v) is 10.6. The van der Waals surface area contributed by atoms with Crippen LogP contribution in [0.5, 0.6) is 5.75 Å². The smallest absolute Gasteiger partial charge is 0.422 e. The Morgan fingerprint density at radius 3 is 2.62 bits per heavy atom. The zero-order chi connectivity index (χ0) is 12.2. The molecule has 1 N–H and O–H groups in total. The SMILES string of the molecule is CC(C)(C=N)OC(=O)Oc1ccccc1Br. The van der Waals surface area contributed by atoms with Crippen molar-refractivity contribution in [2.45, 2.75) is 19.4 Å². The van der Waals surface area contributed by atoms with E-state index >= 15 is 0 Å². The second kappa shape index (κ2) is 5.12. The topological polar surface area (TPSA) is 59.4 Å². The monoisotopic (exact) mass is 285 g/mol. The Bertz CT molecular complexity index is 404. The minimum atomic E-state index is -0.960. The average molecular weight is 286 g/mol. The van der Waals surface area contributed by atoms with Crippen LogP contribution in [0.2, 0.25) is 0 Å². The van der Waals surface area contributed by atoms with Crippen molar-refractivity contribution < 1.29 is 14.3 Å². The van der Waals surface area contributed by atoms with Gasteiger partial charge >= 0.3 is 6.16 Å². The number of nitrogens with one attached hydrogen (secondary N) is 1. The molecule has 16 heavy (non-hydrogen) atoms. The lowest BCUT2D eigenvalue weighted by molar-refractivity contribution is 0.0486. The van der Waals surface area contributed by atoms with Crippen LogP contribution in [0.3, 0.4) is 0 Å². The molecule has 0 saturated heterocycles. The fraction of sp³-hybridized carbons (Fsp3) is 0.273. The summed E-state index contributed by atoms with van der Waals surface area (Å²) in [5.74, 6) is 0.383. The summed E-state index contributed by atoms with van der Waals surface area (Å²) in [4.78, 5) is 11.4. The summed E-state index contributed by atoms with van der Waals surface area (Å²) in [5, 5.41) is 7.05. The van der Waals surface area contributed by atoms with Crippen molar-refractivity contribution in [2.24, 2.45) is 0 Å². The van der Waals surface area contributed by atoms with Gasteiger partial charge in [0.25, 0.3) is 0 Å². The van der Waals surface area contributed by atoms with Crippen molar-refractivity contribution in [3.05, 3.63) is 28.7 Å². The van der Waals surface area contributed by atoms with Crippen molar-refractivity contribution in [1.82, 2.24) is 0 Å². The Morgan fingerprint density at radius 1 is 1.44 bits per heavy atom. The van der Waals surface area contributed by atoms with Gasteiger partial charge in [0, 0.05) is 6.21 Å². The molecule has 0 atom stereocenters. The number of carbonyl (C=O) groups excluding carboxylic acids is 1. The molecular weight excluding hydrogens is 274 g/mol. The van der Waals surface area contributed by atoms with Crippen molar-refractivity contribution >= 4 is 28.3 Å². The van der Waals surface area contributed by atoms with E-state index in [4.69, 9.17) is 14.9 Å². The van der Waals surface area contributed by atoms with Crippen LogP contribution in [0.15, 0.2) is 28.7 Å². The summed E-state index contributed by atoms with van der Waals surface area (Å²) >= 11 is 3.24. The van der Waals surface area contributed by atoms with Crippen LogP contribution in [-0.4, -0.2) is 18.0 Å². The molecule has 86 valence electrons. The highest BCUT2D eigenvalue weighted by molar-refractivity contribution is 9.10. The molecule has 0 heterocycles. The first kappa shape index (κ1) is 12.7. The van der Waals surface area contributed by atoms with Gasteiger partial charge in [-0.25, -0.2) is 4.79 Å². The minimum Gasteiger partial charge on any atom is -0.422 e. The van der Waals surface area contributed by atoms with E-state index in [0.717, 1.165) is 6.21 Å². The van der Waals surface area contributed by atoms with E-state index in [1.807, 2.05) is 6.07 Å². The molecule has 0 radical (unpaired) electrons. The summed E-state index contributed by atoms with van der Waals surface area (Å²) < 4.78 is 10.6. The highest BCUT2D eigenvalue weighted by Gasteiger charge is 2.21. The summed E-state index contributed by atoms with van der Waals surface area (Å²) in [6.07, 6.45) is 0.203. The van der Waals surface area contributed by atoms with Gasteiger partial charge in [0.05, 0.1) is 4.47 Å². The maximum atomic E-state index is 11.4. The van der Waals surface area contributed by atoms with E-state index < -0.39 is 11.8 Å². The molecule has 0 saturated carbocycles. The number of hydrogen-bond donors (Lipinski definition) is 1. The molecule has 0 fully saturated rings. The van der Waals surface area contributed by atoms with Crippen LogP contribution in [0.1, 0.15) is 13.8 Å². The van der Waals surface area contributed by atoms with Crippen LogP contribution < -0.4 is 4.74 Å². The second-order valence-electron chi connectivity index (χ2n) is 3.63. The third-order valence-corrected chi connectivity index (χ3v) is 2.38. The molecule has 0 aliphatic rings. The van der Waals surface area contributed by atoms with Gasteiger partial charge in [-0.2, -0.15) is 0 Å². The Kier molecular flexibility index (Phi) is 4.06. The number of halogens is 1. The fourth-order valence-electron chi connectivity index (χ4n) is 0.882. The molecule has 0 amide bonds. The Labute approximate surface area is 102 Å². The predicted octanol–water partition coefficient (Wildman–Crippen LogP) is 3.39. The van der Waals surface area contributed by atoms with Crippen molar-refractivity contribution in [1.29, 1.82) is 5.41 Å². The standard InChI is InChI=1S/C11H12BrNO3/c1-11(2,7-13)16-10(14)15-9-6-4-3-5-8(9)12/h3-7,13H,1-2H3. The summed E-state index contributed by atoms with van der Waals surface area (Å²) in [6.45, 7) is 3.20. The van der Waals surface area contributed by atoms with Crippen LogP contribution in [0.4, 0.5) is 4.79 Å². The molecular formula is C11H12BrNO3. The molecule has 5 heteroatoms. The van der Waals surface area contributed by atoms with Crippen LogP contribution in [0, 0.1) is 5.41 Å². The molecule has 0 aliphatic carbocycles. The van der Waals surface area contributed by atoms with Gasteiger partial charge in [0.1, 0.15) is 11.4 Å². The Morgan fingerprint density at radius 2 is 2.06 bits per heavy atom. The number of hydrogen-bond acceptors (Lipinski definition) is 4. The fourth-order valence-corrected chi connectivity index (χ4v) is 1.25. The summed E-state index contributed by atoms with van der Waals surface area (Å²) in [7, 11) is 0. The molecule has 1 aromatic rings. The van der Waals surface area contributed by atoms with Crippen molar-refractivity contribution in [3.8, 4) is 5.75 Å². The zero-order valence-electron chi connectivity index (χ0n) is 8.99. The molecule has 1 rings (SSSR count). The van der Waals surface area contributed by atoms with Crippen LogP contribution in [0.25, 0.3) is 0 Å². The molecule has 0 spiro atoms. The lowest BCUT2D eigenvalue weighted by Crippen LogP contribution is -2.30. The number of rotatable bonds is 3. The number of carbonyl (C=O) groups is 1. The highest BCUT2D eigenvalue weighted by atomic mass is 79.9. The Balaban J connectivity index is 2.66. The van der Waals surface area contributed by atoms with Crippen molar-refractivity contribution in [2.75, 3.05) is 0 Å². The molecule has 0 unspecified atom stereocenters. The van der Waals surface area contributed by atoms with Gasteiger partial charge in [0.15, 0.2) is 0 Å². The van der Waals surface area contributed by atoms with Gasteiger partial charge in [-0.1, -0.05) is 12.1 Å². The Hall–Kier alpha value is -1.36. The first-order valence-corrected chi connectivity index (χ1v) is 5.41. The van der Waals surface area contributed by atoms with Gasteiger partial charge in [-0.15, -0.1) is 0 Å². The number of benzene rings is 1. The maximum absolute atomic E-state index is 11.4. The minimum absolute atomic E-state index is 0.383. The molecule has 0 bridgehead atoms. The number of ether oxygens (including phenoxy) is 2. The molecule has 4 nitrogen and oxygen atoms in total. The summed E-state index contributed by atoms with van der Waals surface area (Å²) in [5.41, 5.74) is -0.960. The molecule has 1 aromatic carbocycles. The van der Waals surface area contributed by atoms with E-state index in [2.05, 4.69) is 15.9 Å². The third-order valence-electron chi connectivity index (χ3n) is 1.72. The second-order valence-corrected chi connectivity index (χ2v) is 4.49. The average Bonchev–Trinajstić information content (AvgIpc) is 2.21. The van der Waals surface area contributed by atoms with E-state index in [0.29, 0.717) is 10.2 Å². The van der Waals surface area contributed by atoms with E-state index in [-0.39, 0.29) is 0 Å². The third kappa shape index (κ3) is 3.66. The first-order valence-electron chi connectivity index (χ1n) is 4.61. The largest absolute Gasteiger partial charge is 0.514 e. The predicted molar refractivity (Wildman–Crippen MR) is 64.1 cm³/mol. The molecule has 0 aromatic heterocycles.